The van der Waals surface area contributed by atoms with E-state index in [1.165, 1.54) is 0 Å². The molecule has 22 heavy (non-hydrogen) atoms. The van der Waals surface area contributed by atoms with Crippen molar-refractivity contribution in [2.24, 2.45) is 0 Å². The number of pyridine rings is 1. The second-order valence-electron chi connectivity index (χ2n) is 5.27. The van der Waals surface area contributed by atoms with Crippen LogP contribution in [-0.2, 0) is 6.42 Å². The highest BCUT2D eigenvalue weighted by Crippen LogP contribution is 2.06. The van der Waals surface area contributed by atoms with Gasteiger partial charge in [-0.15, -0.1) is 10.2 Å². The Kier molecular flexibility index (Phi) is 4.14. The molecule has 0 saturated heterocycles. The molecule has 5 heteroatoms. The largest absolute Gasteiger partial charge is 0.352 e. The number of nitrogens with zero attached hydrogens (tertiary/aromatic N) is 3. The minimum Gasteiger partial charge on any atom is -0.352 e. The Hall–Kier alpha value is -2.69. The van der Waals surface area contributed by atoms with Crippen molar-refractivity contribution < 1.29 is 4.79 Å². The first kappa shape index (κ1) is 14.3. The van der Waals surface area contributed by atoms with Crippen LogP contribution in [0.5, 0.6) is 0 Å². The number of fused-ring (bicyclic) bond motifs is 1. The van der Waals surface area contributed by atoms with Gasteiger partial charge in [0.2, 0.25) is 0 Å². The van der Waals surface area contributed by atoms with Crippen LogP contribution in [0.15, 0.2) is 48.7 Å². The lowest BCUT2D eigenvalue weighted by atomic mass is 10.1. The summed E-state index contributed by atoms with van der Waals surface area (Å²) in [6.45, 7) is 2.60. The molecule has 5 nitrogen and oxygen atoms in total. The quantitative estimate of drug-likeness (QED) is 0.735. The van der Waals surface area contributed by atoms with Crippen LogP contribution in [0.2, 0.25) is 0 Å². The second kappa shape index (κ2) is 6.39. The fourth-order valence-corrected chi connectivity index (χ4v) is 2.40. The molecule has 2 heterocycles. The standard InChI is InChI=1S/C17H18N4O/c1-13-6-4-7-14(12-13)17(22)18-10-5-9-16-20-19-15-8-2-3-11-21(15)16/h2-4,6-8,11-12H,5,9-10H2,1H3,(H,18,22). The molecular weight excluding hydrogens is 276 g/mol. The van der Waals surface area contributed by atoms with Gasteiger partial charge in [-0.25, -0.2) is 0 Å². The number of rotatable bonds is 5. The highest BCUT2D eigenvalue weighted by molar-refractivity contribution is 5.94. The molecule has 0 aliphatic rings. The van der Waals surface area contributed by atoms with Gasteiger partial charge in [-0.05, 0) is 37.6 Å². The highest BCUT2D eigenvalue weighted by atomic mass is 16.1. The maximum absolute atomic E-state index is 12.0. The van der Waals surface area contributed by atoms with E-state index in [2.05, 4.69) is 15.5 Å². The number of hydrogen-bond donors (Lipinski definition) is 1. The first-order chi connectivity index (χ1) is 10.7. The third-order valence-electron chi connectivity index (χ3n) is 3.53. The van der Waals surface area contributed by atoms with Gasteiger partial charge in [0, 0.05) is 24.7 Å². The Bertz CT molecular complexity index is 794. The van der Waals surface area contributed by atoms with Crippen molar-refractivity contribution in [3.63, 3.8) is 0 Å². The van der Waals surface area contributed by atoms with Gasteiger partial charge in [0.15, 0.2) is 5.65 Å². The van der Waals surface area contributed by atoms with Crippen molar-refractivity contribution in [2.75, 3.05) is 6.54 Å². The molecule has 0 bridgehead atoms. The average Bonchev–Trinajstić information content (AvgIpc) is 2.95. The van der Waals surface area contributed by atoms with E-state index in [-0.39, 0.29) is 5.91 Å². The van der Waals surface area contributed by atoms with E-state index in [0.29, 0.717) is 12.1 Å². The van der Waals surface area contributed by atoms with E-state index < -0.39 is 0 Å². The summed E-state index contributed by atoms with van der Waals surface area (Å²) in [5, 5.41) is 11.2. The van der Waals surface area contributed by atoms with Crippen LogP contribution in [0.25, 0.3) is 5.65 Å². The Labute approximate surface area is 129 Å². The Morgan fingerprint density at radius 2 is 2.09 bits per heavy atom. The van der Waals surface area contributed by atoms with Crippen molar-refractivity contribution in [1.29, 1.82) is 0 Å². The van der Waals surface area contributed by atoms with Crippen LogP contribution in [0.4, 0.5) is 0 Å². The monoisotopic (exact) mass is 294 g/mol. The summed E-state index contributed by atoms with van der Waals surface area (Å²) in [6, 6.07) is 13.4. The Morgan fingerprint density at radius 1 is 1.18 bits per heavy atom. The molecule has 1 amide bonds. The number of aromatic nitrogens is 3. The molecule has 3 aromatic rings. The molecule has 0 spiro atoms. The number of benzene rings is 1. The predicted molar refractivity (Wildman–Crippen MR) is 84.8 cm³/mol. The first-order valence-electron chi connectivity index (χ1n) is 7.37. The summed E-state index contributed by atoms with van der Waals surface area (Å²) < 4.78 is 1.97. The van der Waals surface area contributed by atoms with Gasteiger partial charge in [-0.3, -0.25) is 9.20 Å². The minimum atomic E-state index is -0.0326. The molecule has 1 aromatic carbocycles. The lowest BCUT2D eigenvalue weighted by Crippen LogP contribution is -2.24. The summed E-state index contributed by atoms with van der Waals surface area (Å²) in [4.78, 5) is 12.0. The maximum atomic E-state index is 12.0. The molecule has 2 aromatic heterocycles. The number of carbonyl (C=O) groups excluding carboxylic acids is 1. The minimum absolute atomic E-state index is 0.0326. The Morgan fingerprint density at radius 3 is 2.95 bits per heavy atom. The van der Waals surface area contributed by atoms with Gasteiger partial charge in [-0.2, -0.15) is 0 Å². The summed E-state index contributed by atoms with van der Waals surface area (Å²) >= 11 is 0. The number of aryl methyl sites for hydroxylation is 2. The fraction of sp³-hybridized carbons (Fsp3) is 0.235. The van der Waals surface area contributed by atoms with Gasteiger partial charge in [0.05, 0.1) is 0 Å². The maximum Gasteiger partial charge on any atom is 0.251 e. The van der Waals surface area contributed by atoms with Crippen molar-refractivity contribution in [1.82, 2.24) is 19.9 Å². The second-order valence-corrected chi connectivity index (χ2v) is 5.27. The summed E-state index contributed by atoms with van der Waals surface area (Å²) in [6.07, 6.45) is 3.56. The lowest BCUT2D eigenvalue weighted by Gasteiger charge is -2.05. The van der Waals surface area contributed by atoms with Crippen LogP contribution in [0.3, 0.4) is 0 Å². The number of hydrogen-bond acceptors (Lipinski definition) is 3. The van der Waals surface area contributed by atoms with Crippen molar-refractivity contribution in [3.05, 3.63) is 65.6 Å². The number of carbonyl (C=O) groups is 1. The van der Waals surface area contributed by atoms with E-state index in [4.69, 9.17) is 0 Å². The fourth-order valence-electron chi connectivity index (χ4n) is 2.40. The molecule has 0 radical (unpaired) electrons. The van der Waals surface area contributed by atoms with E-state index in [1.54, 1.807) is 0 Å². The lowest BCUT2D eigenvalue weighted by molar-refractivity contribution is 0.0953. The molecule has 3 rings (SSSR count). The number of nitrogens with one attached hydrogen (secondary N) is 1. The molecule has 0 aliphatic heterocycles. The van der Waals surface area contributed by atoms with Crippen LogP contribution in [0.1, 0.15) is 28.2 Å². The third-order valence-corrected chi connectivity index (χ3v) is 3.53. The van der Waals surface area contributed by atoms with Gasteiger partial charge >= 0.3 is 0 Å². The molecular formula is C17H18N4O. The highest BCUT2D eigenvalue weighted by Gasteiger charge is 2.06. The molecule has 0 saturated carbocycles. The van der Waals surface area contributed by atoms with Crippen molar-refractivity contribution in [3.8, 4) is 0 Å². The average molecular weight is 294 g/mol. The zero-order valence-electron chi connectivity index (χ0n) is 12.5. The van der Waals surface area contributed by atoms with Gasteiger partial charge in [0.25, 0.3) is 5.91 Å². The zero-order valence-corrected chi connectivity index (χ0v) is 12.5. The van der Waals surface area contributed by atoms with E-state index in [1.807, 2.05) is 60.0 Å². The van der Waals surface area contributed by atoms with Crippen LogP contribution < -0.4 is 5.32 Å². The molecule has 0 aliphatic carbocycles. The van der Waals surface area contributed by atoms with Crippen LogP contribution in [-0.4, -0.2) is 27.0 Å². The topological polar surface area (TPSA) is 59.3 Å². The number of amides is 1. The van der Waals surface area contributed by atoms with Gasteiger partial charge in [-0.1, -0.05) is 23.8 Å². The summed E-state index contributed by atoms with van der Waals surface area (Å²) in [5.41, 5.74) is 2.64. The zero-order chi connectivity index (χ0) is 15.4. The van der Waals surface area contributed by atoms with Crippen molar-refractivity contribution >= 4 is 11.6 Å². The molecule has 0 fully saturated rings. The first-order valence-corrected chi connectivity index (χ1v) is 7.37. The van der Waals surface area contributed by atoms with E-state index in [9.17, 15) is 4.79 Å². The predicted octanol–water partition coefficient (Wildman–Crippen LogP) is 2.40. The Balaban J connectivity index is 1.52. The van der Waals surface area contributed by atoms with Crippen molar-refractivity contribution in [2.45, 2.75) is 19.8 Å². The smallest absolute Gasteiger partial charge is 0.251 e. The van der Waals surface area contributed by atoms with Crippen LogP contribution >= 0.6 is 0 Å². The molecule has 112 valence electrons. The summed E-state index contributed by atoms with van der Waals surface area (Å²) in [7, 11) is 0. The van der Waals surface area contributed by atoms with Gasteiger partial charge in [0.1, 0.15) is 5.82 Å². The van der Waals surface area contributed by atoms with Crippen LogP contribution in [0, 0.1) is 6.92 Å². The normalized spacial score (nSPS) is 10.8. The molecule has 1 N–H and O–H groups in total. The molecule has 0 unspecified atom stereocenters. The van der Waals surface area contributed by atoms with E-state index in [0.717, 1.165) is 29.9 Å². The SMILES string of the molecule is Cc1cccc(C(=O)NCCCc2nnc3ccccn23)c1. The van der Waals surface area contributed by atoms with E-state index >= 15 is 0 Å². The van der Waals surface area contributed by atoms with Gasteiger partial charge < -0.3 is 5.32 Å². The third kappa shape index (κ3) is 3.14. The molecule has 0 atom stereocenters. The summed E-state index contributed by atoms with van der Waals surface area (Å²) in [5.74, 6) is 0.884.